The largest absolute Gasteiger partial charge is 0.370 e. The maximum absolute atomic E-state index is 12.1. The molecule has 0 spiro atoms. The van der Waals surface area contributed by atoms with E-state index in [4.69, 9.17) is 4.74 Å². The number of allylic oxidation sites excluding steroid dienone is 6. The van der Waals surface area contributed by atoms with Crippen LogP contribution >= 0.6 is 15.2 Å². The maximum atomic E-state index is 12.1. The number of hydrogen-bond acceptors (Lipinski definition) is 3. The lowest BCUT2D eigenvalue weighted by molar-refractivity contribution is 0.0557. The molecule has 0 fully saturated rings. The van der Waals surface area contributed by atoms with Gasteiger partial charge in [-0.15, -0.1) is 0 Å². The minimum atomic E-state index is -5.30. The quantitative estimate of drug-likeness (QED) is 0.201. The van der Waals surface area contributed by atoms with Crippen molar-refractivity contribution in [2.24, 2.45) is 0 Å². The second-order valence-electron chi connectivity index (χ2n) is 8.09. The molecule has 0 unspecified atom stereocenters. The average molecular weight is 464 g/mol. The van der Waals surface area contributed by atoms with Crippen molar-refractivity contribution in [1.82, 2.24) is 0 Å². The van der Waals surface area contributed by atoms with E-state index in [-0.39, 0.29) is 6.61 Å². The Hall–Kier alpha value is -0.780. The van der Waals surface area contributed by atoms with Gasteiger partial charge in [0.1, 0.15) is 0 Å². The van der Waals surface area contributed by atoms with Crippen molar-refractivity contribution in [3.05, 3.63) is 46.6 Å². The fourth-order valence-corrected chi connectivity index (χ4v) is 5.14. The first-order valence-electron chi connectivity index (χ1n) is 9.95. The summed E-state index contributed by atoms with van der Waals surface area (Å²) in [5.41, 5.74) is 4.02. The smallest absolute Gasteiger partial charge is 0.347 e. The Kier molecular flexibility index (Phi) is 12.6. The van der Waals surface area contributed by atoms with Crippen LogP contribution in [0, 0.1) is 0 Å². The molecule has 0 aromatic carbocycles. The van der Waals surface area contributed by atoms with E-state index < -0.39 is 26.7 Å². The zero-order chi connectivity index (χ0) is 23.6. The van der Waals surface area contributed by atoms with E-state index in [0.717, 1.165) is 36.0 Å². The van der Waals surface area contributed by atoms with Gasteiger partial charge < -0.3 is 24.3 Å². The van der Waals surface area contributed by atoms with E-state index in [9.17, 15) is 28.7 Å². The Bertz CT molecular complexity index is 736. The van der Waals surface area contributed by atoms with E-state index >= 15 is 0 Å². The summed E-state index contributed by atoms with van der Waals surface area (Å²) in [5, 5.41) is -2.89. The van der Waals surface area contributed by atoms with Gasteiger partial charge in [-0.1, -0.05) is 46.6 Å². The van der Waals surface area contributed by atoms with Gasteiger partial charge in [-0.2, -0.15) is 0 Å². The molecule has 4 N–H and O–H groups in total. The zero-order valence-corrected chi connectivity index (χ0v) is 20.7. The van der Waals surface area contributed by atoms with Crippen LogP contribution in [-0.4, -0.2) is 31.3 Å². The average Bonchev–Trinajstić information content (AvgIpc) is 2.54. The molecule has 0 rings (SSSR count). The Morgan fingerprint density at radius 2 is 1.13 bits per heavy atom. The van der Waals surface area contributed by atoms with Crippen LogP contribution in [0.1, 0.15) is 73.6 Å². The first-order chi connectivity index (χ1) is 13.6. The van der Waals surface area contributed by atoms with E-state index in [1.807, 2.05) is 40.7 Å². The second kappa shape index (κ2) is 12.9. The van der Waals surface area contributed by atoms with Gasteiger partial charge in [0.25, 0.3) is 5.08 Å². The molecule has 0 atom stereocenters. The molecule has 7 nitrogen and oxygen atoms in total. The highest BCUT2D eigenvalue weighted by molar-refractivity contribution is 7.72. The third-order valence-corrected chi connectivity index (χ3v) is 8.56. The van der Waals surface area contributed by atoms with E-state index in [1.165, 1.54) is 11.6 Å². The van der Waals surface area contributed by atoms with Gasteiger partial charge in [0, 0.05) is 6.42 Å². The van der Waals surface area contributed by atoms with Crippen LogP contribution in [0.25, 0.3) is 0 Å². The highest BCUT2D eigenvalue weighted by atomic mass is 31.2. The van der Waals surface area contributed by atoms with Crippen LogP contribution in [0.3, 0.4) is 0 Å². The molecule has 0 aliphatic heterocycles. The van der Waals surface area contributed by atoms with Crippen molar-refractivity contribution in [3.8, 4) is 0 Å². The van der Waals surface area contributed by atoms with Crippen molar-refractivity contribution < 1.29 is 33.4 Å². The summed E-state index contributed by atoms with van der Waals surface area (Å²) in [5.74, 6) is 0. The predicted octanol–water partition coefficient (Wildman–Crippen LogP) is 5.79. The minimum Gasteiger partial charge on any atom is -0.347 e. The summed E-state index contributed by atoms with van der Waals surface area (Å²) >= 11 is 0. The van der Waals surface area contributed by atoms with Crippen LogP contribution in [-0.2, 0) is 13.9 Å². The van der Waals surface area contributed by atoms with Crippen LogP contribution in [0.4, 0.5) is 0 Å². The molecule has 0 aliphatic carbocycles. The van der Waals surface area contributed by atoms with E-state index in [2.05, 4.69) is 6.08 Å². The SMILES string of the molecule is CC(C)=CCC/C(C)=C/COC(C/C=C(\C)CCC=C(C)C)(P(=O)(O)O)P(=O)(O)O. The van der Waals surface area contributed by atoms with E-state index in [0.29, 0.717) is 6.42 Å². The van der Waals surface area contributed by atoms with Gasteiger partial charge in [0.15, 0.2) is 0 Å². The van der Waals surface area contributed by atoms with Crippen LogP contribution in [0.15, 0.2) is 46.6 Å². The summed E-state index contributed by atoms with van der Waals surface area (Å²) in [6.07, 6.45) is 9.44. The van der Waals surface area contributed by atoms with Gasteiger partial charge in [0.2, 0.25) is 0 Å². The van der Waals surface area contributed by atoms with Crippen LogP contribution in [0.2, 0.25) is 0 Å². The van der Waals surface area contributed by atoms with Crippen molar-refractivity contribution in [2.45, 2.75) is 78.7 Å². The lowest BCUT2D eigenvalue weighted by atomic mass is 10.1. The predicted molar refractivity (Wildman–Crippen MR) is 122 cm³/mol. The minimum absolute atomic E-state index is 0.304. The van der Waals surface area contributed by atoms with Gasteiger partial charge >= 0.3 is 15.2 Å². The molecule has 0 heterocycles. The Morgan fingerprint density at radius 1 is 0.733 bits per heavy atom. The summed E-state index contributed by atoms with van der Waals surface area (Å²) in [6.45, 7) is 11.2. The normalized spacial score (nSPS) is 13.9. The molecule has 0 amide bonds. The monoisotopic (exact) mass is 464 g/mol. The molecule has 0 saturated heterocycles. The molecule has 9 heteroatoms. The van der Waals surface area contributed by atoms with E-state index in [1.54, 1.807) is 13.0 Å². The second-order valence-corrected chi connectivity index (χ2v) is 12.1. The molecular formula is C21H38O7P2. The molecule has 0 bridgehead atoms. The number of ether oxygens (including phenoxy) is 1. The highest BCUT2D eigenvalue weighted by Gasteiger charge is 2.61. The van der Waals surface area contributed by atoms with Crippen molar-refractivity contribution in [3.63, 3.8) is 0 Å². The van der Waals surface area contributed by atoms with Gasteiger partial charge in [-0.25, -0.2) is 0 Å². The molecule has 0 aromatic heterocycles. The van der Waals surface area contributed by atoms with Gasteiger partial charge in [-0.3, -0.25) is 9.13 Å². The summed E-state index contributed by atoms with van der Waals surface area (Å²) in [7, 11) is -10.6. The summed E-state index contributed by atoms with van der Waals surface area (Å²) in [6, 6.07) is 0. The number of rotatable bonds is 13. The lowest BCUT2D eigenvalue weighted by Gasteiger charge is -2.33. The molecular weight excluding hydrogens is 426 g/mol. The molecule has 0 saturated carbocycles. The van der Waals surface area contributed by atoms with Crippen LogP contribution in [0.5, 0.6) is 0 Å². The molecule has 0 aliphatic rings. The van der Waals surface area contributed by atoms with Crippen molar-refractivity contribution in [1.29, 1.82) is 0 Å². The zero-order valence-electron chi connectivity index (χ0n) is 19.0. The summed E-state index contributed by atoms with van der Waals surface area (Å²) < 4.78 is 29.6. The van der Waals surface area contributed by atoms with Gasteiger partial charge in [0.05, 0.1) is 6.61 Å². The highest BCUT2D eigenvalue weighted by Crippen LogP contribution is 2.71. The fourth-order valence-electron chi connectivity index (χ4n) is 2.64. The molecule has 174 valence electrons. The Labute approximate surface area is 180 Å². The maximum Gasteiger partial charge on any atom is 0.370 e. The van der Waals surface area contributed by atoms with Crippen LogP contribution < -0.4 is 0 Å². The first kappa shape index (κ1) is 29.2. The Morgan fingerprint density at radius 3 is 1.50 bits per heavy atom. The summed E-state index contributed by atoms with van der Waals surface area (Å²) in [4.78, 5) is 39.3. The fraction of sp³-hybridized carbons (Fsp3) is 0.619. The molecule has 30 heavy (non-hydrogen) atoms. The third-order valence-electron chi connectivity index (χ3n) is 4.56. The molecule has 0 radical (unpaired) electrons. The number of hydrogen-bond donors (Lipinski definition) is 4. The van der Waals surface area contributed by atoms with Crippen molar-refractivity contribution in [2.75, 3.05) is 6.61 Å². The topological polar surface area (TPSA) is 124 Å². The Balaban J connectivity index is 5.52. The van der Waals surface area contributed by atoms with Crippen molar-refractivity contribution >= 4 is 15.2 Å². The lowest BCUT2D eigenvalue weighted by Crippen LogP contribution is -2.32. The standard InChI is InChI=1S/C21H38O7P2/c1-17(2)9-7-11-19(5)13-15-21(29(22,23)24,30(25,26)27)28-16-14-20(6)12-8-10-18(3)4/h9-10,13-14H,7-8,11-12,15-16H2,1-6H3,(H2,22,23,24)(H2,25,26,27)/b19-13+,20-14+. The molecule has 0 aromatic rings. The first-order valence-corrected chi connectivity index (χ1v) is 13.2. The third kappa shape index (κ3) is 10.5. The van der Waals surface area contributed by atoms with Gasteiger partial charge in [-0.05, 0) is 67.2 Å².